The molecular formula is C22H24ClFN8O3. The molecule has 2 N–H and O–H groups in total. The molecule has 184 valence electrons. The molecule has 0 saturated carbocycles. The van der Waals surface area contributed by atoms with Gasteiger partial charge in [-0.3, -0.25) is 10.1 Å². The predicted molar refractivity (Wildman–Crippen MR) is 134 cm³/mol. The summed E-state index contributed by atoms with van der Waals surface area (Å²) in [4.78, 5) is 25.7. The van der Waals surface area contributed by atoms with Crippen LogP contribution in [0.15, 0.2) is 41.5 Å². The summed E-state index contributed by atoms with van der Waals surface area (Å²) in [6.45, 7) is 6.31. The number of nitrogens with one attached hydrogen (secondary N) is 2. The molecule has 3 aromatic rings. The van der Waals surface area contributed by atoms with E-state index in [0.717, 1.165) is 41.2 Å². The number of hydrogen-bond acceptors (Lipinski definition) is 10. The Hall–Kier alpha value is -3.90. The SMILES string of the molecule is Cc1ccc(C)c(Nc2nc(N/N=C\c3cc([N+](=O)[O-])ccc3F)nc(N3CCOCC3)n2)c1.Cl. The molecule has 13 heteroatoms. The monoisotopic (exact) mass is 502 g/mol. The third kappa shape index (κ3) is 6.58. The minimum absolute atomic E-state index is 0. The zero-order chi connectivity index (χ0) is 24.1. The molecule has 0 unspecified atom stereocenters. The van der Waals surface area contributed by atoms with E-state index in [9.17, 15) is 14.5 Å². The molecule has 0 bridgehead atoms. The second kappa shape index (κ2) is 11.5. The van der Waals surface area contributed by atoms with Crippen LogP contribution in [-0.2, 0) is 4.74 Å². The van der Waals surface area contributed by atoms with Crippen LogP contribution in [-0.4, -0.2) is 52.4 Å². The Bertz CT molecular complexity index is 1240. The molecule has 11 nitrogen and oxygen atoms in total. The van der Waals surface area contributed by atoms with E-state index in [-0.39, 0.29) is 29.6 Å². The van der Waals surface area contributed by atoms with Crippen LogP contribution >= 0.6 is 12.4 Å². The van der Waals surface area contributed by atoms with E-state index in [1.165, 1.54) is 0 Å². The normalized spacial score (nSPS) is 13.4. The molecule has 1 aliphatic rings. The third-order valence-corrected chi connectivity index (χ3v) is 5.12. The van der Waals surface area contributed by atoms with Gasteiger partial charge in [0.2, 0.25) is 17.8 Å². The average Bonchev–Trinajstić information content (AvgIpc) is 2.83. The zero-order valence-electron chi connectivity index (χ0n) is 19.1. The van der Waals surface area contributed by atoms with Gasteiger partial charge in [-0.2, -0.15) is 20.1 Å². The maximum absolute atomic E-state index is 14.0. The quantitative estimate of drug-likeness (QED) is 0.279. The van der Waals surface area contributed by atoms with Crippen molar-refractivity contribution in [3.8, 4) is 0 Å². The molecule has 0 radical (unpaired) electrons. The van der Waals surface area contributed by atoms with Gasteiger partial charge >= 0.3 is 0 Å². The maximum Gasteiger partial charge on any atom is 0.270 e. The van der Waals surface area contributed by atoms with E-state index in [1.54, 1.807) is 0 Å². The molecule has 2 aromatic carbocycles. The summed E-state index contributed by atoms with van der Waals surface area (Å²) in [6.07, 6.45) is 1.14. The number of hydrogen-bond donors (Lipinski definition) is 2. The van der Waals surface area contributed by atoms with Crippen molar-refractivity contribution in [2.75, 3.05) is 41.9 Å². The Morgan fingerprint density at radius 1 is 1.11 bits per heavy atom. The maximum atomic E-state index is 14.0. The lowest BCUT2D eigenvalue weighted by molar-refractivity contribution is -0.384. The van der Waals surface area contributed by atoms with Gasteiger partial charge in [0.25, 0.3) is 5.69 Å². The molecule has 0 atom stereocenters. The number of nitrogens with zero attached hydrogens (tertiary/aromatic N) is 6. The molecule has 2 heterocycles. The van der Waals surface area contributed by atoms with E-state index < -0.39 is 10.7 Å². The predicted octanol–water partition coefficient (Wildman–Crippen LogP) is 3.98. The lowest BCUT2D eigenvalue weighted by Gasteiger charge is -2.27. The first-order valence-corrected chi connectivity index (χ1v) is 10.5. The third-order valence-electron chi connectivity index (χ3n) is 5.12. The van der Waals surface area contributed by atoms with Gasteiger partial charge in [0.1, 0.15) is 5.82 Å². The lowest BCUT2D eigenvalue weighted by atomic mass is 10.1. The fourth-order valence-electron chi connectivity index (χ4n) is 3.27. The number of rotatable bonds is 7. The van der Waals surface area contributed by atoms with Gasteiger partial charge in [0.05, 0.1) is 24.4 Å². The Morgan fingerprint density at radius 3 is 2.60 bits per heavy atom. The summed E-state index contributed by atoms with van der Waals surface area (Å²) >= 11 is 0. The van der Waals surface area contributed by atoms with Crippen LogP contribution in [0.5, 0.6) is 0 Å². The van der Waals surface area contributed by atoms with Crippen LogP contribution in [0.3, 0.4) is 0 Å². The average molecular weight is 503 g/mol. The minimum Gasteiger partial charge on any atom is -0.378 e. The van der Waals surface area contributed by atoms with Crippen LogP contribution in [0.4, 0.5) is 33.6 Å². The minimum atomic E-state index is -0.641. The Kier molecular flexibility index (Phi) is 8.44. The Morgan fingerprint density at radius 2 is 1.86 bits per heavy atom. The van der Waals surface area contributed by atoms with Gasteiger partial charge in [0.15, 0.2) is 0 Å². The molecule has 35 heavy (non-hydrogen) atoms. The van der Waals surface area contributed by atoms with Crippen molar-refractivity contribution in [3.05, 3.63) is 69.0 Å². The van der Waals surface area contributed by atoms with Crippen LogP contribution in [0.1, 0.15) is 16.7 Å². The van der Waals surface area contributed by atoms with Crippen molar-refractivity contribution < 1.29 is 14.1 Å². The number of morpholine rings is 1. The van der Waals surface area contributed by atoms with Crippen LogP contribution in [0, 0.1) is 29.8 Å². The summed E-state index contributed by atoms with van der Waals surface area (Å²) in [5, 5.41) is 18.2. The topological polar surface area (TPSA) is 131 Å². The molecule has 1 saturated heterocycles. The molecule has 1 fully saturated rings. The molecule has 4 rings (SSSR count). The van der Waals surface area contributed by atoms with Gasteiger partial charge in [-0.1, -0.05) is 12.1 Å². The standard InChI is InChI=1S/C22H23FN8O3.ClH/c1-14-3-4-15(2)19(11-14)25-20-26-21(28-22(27-20)30-7-9-34-10-8-30)29-24-13-16-12-17(31(32)33)5-6-18(16)23;/h3-6,11-13H,7-10H2,1-2H3,(H2,25,26,27,28,29);1H/b24-13-;. The van der Waals surface area contributed by atoms with Gasteiger partial charge in [-0.05, 0) is 37.1 Å². The first-order valence-electron chi connectivity index (χ1n) is 10.5. The van der Waals surface area contributed by atoms with Gasteiger partial charge in [0, 0.05) is 36.5 Å². The number of non-ortho nitro benzene ring substituents is 1. The largest absolute Gasteiger partial charge is 0.378 e. The highest BCUT2D eigenvalue weighted by molar-refractivity contribution is 5.85. The van der Waals surface area contributed by atoms with Gasteiger partial charge in [-0.25, -0.2) is 9.82 Å². The van der Waals surface area contributed by atoms with Crippen molar-refractivity contribution in [2.45, 2.75) is 13.8 Å². The first-order chi connectivity index (χ1) is 16.4. The molecule has 0 amide bonds. The molecule has 1 aliphatic heterocycles. The molecular weight excluding hydrogens is 479 g/mol. The number of hydrazone groups is 1. The smallest absolute Gasteiger partial charge is 0.270 e. The van der Waals surface area contributed by atoms with Crippen molar-refractivity contribution in [1.82, 2.24) is 15.0 Å². The summed E-state index contributed by atoms with van der Waals surface area (Å²) in [5.41, 5.74) is 5.35. The first kappa shape index (κ1) is 25.7. The number of nitro groups is 1. The van der Waals surface area contributed by atoms with E-state index in [1.807, 2.05) is 36.9 Å². The van der Waals surface area contributed by atoms with Crippen LogP contribution in [0.2, 0.25) is 0 Å². The molecule has 0 spiro atoms. The van der Waals surface area contributed by atoms with E-state index in [4.69, 9.17) is 4.74 Å². The number of anilines is 4. The highest BCUT2D eigenvalue weighted by Gasteiger charge is 2.17. The molecule has 0 aliphatic carbocycles. The highest BCUT2D eigenvalue weighted by Crippen LogP contribution is 2.22. The Balaban J connectivity index is 0.00000342. The summed E-state index contributed by atoms with van der Waals surface area (Å²) in [7, 11) is 0. The molecule has 1 aromatic heterocycles. The number of benzene rings is 2. The van der Waals surface area contributed by atoms with Crippen molar-refractivity contribution >= 4 is 47.8 Å². The second-order valence-corrected chi connectivity index (χ2v) is 7.66. The summed E-state index contributed by atoms with van der Waals surface area (Å²) in [6, 6.07) is 9.21. The van der Waals surface area contributed by atoms with Crippen molar-refractivity contribution in [1.29, 1.82) is 0 Å². The summed E-state index contributed by atoms with van der Waals surface area (Å²) < 4.78 is 19.4. The van der Waals surface area contributed by atoms with E-state index in [2.05, 4.69) is 30.8 Å². The Labute approximate surface area is 207 Å². The number of nitro benzene ring substituents is 1. The fraction of sp³-hybridized carbons (Fsp3) is 0.273. The van der Waals surface area contributed by atoms with E-state index in [0.29, 0.717) is 38.2 Å². The highest BCUT2D eigenvalue weighted by atomic mass is 35.5. The van der Waals surface area contributed by atoms with Crippen LogP contribution < -0.4 is 15.6 Å². The zero-order valence-corrected chi connectivity index (χ0v) is 19.9. The van der Waals surface area contributed by atoms with Crippen LogP contribution in [0.25, 0.3) is 0 Å². The number of aromatic nitrogens is 3. The van der Waals surface area contributed by atoms with E-state index >= 15 is 0 Å². The van der Waals surface area contributed by atoms with Crippen molar-refractivity contribution in [2.24, 2.45) is 5.10 Å². The number of aryl methyl sites for hydroxylation is 2. The fourth-order valence-corrected chi connectivity index (χ4v) is 3.27. The summed E-state index contributed by atoms with van der Waals surface area (Å²) in [5.74, 6) is 0.235. The second-order valence-electron chi connectivity index (χ2n) is 7.66. The number of ether oxygens (including phenoxy) is 1. The van der Waals surface area contributed by atoms with Gasteiger partial charge < -0.3 is 15.0 Å². The van der Waals surface area contributed by atoms with Gasteiger partial charge in [-0.15, -0.1) is 12.4 Å². The number of halogens is 2. The van der Waals surface area contributed by atoms with Crippen molar-refractivity contribution in [3.63, 3.8) is 0 Å². The lowest BCUT2D eigenvalue weighted by Crippen LogP contribution is -2.37.